The van der Waals surface area contributed by atoms with Crippen LogP contribution in [0.5, 0.6) is 0 Å². The summed E-state index contributed by atoms with van der Waals surface area (Å²) in [5.41, 5.74) is 1.42. The number of piperidine rings is 1. The van der Waals surface area contributed by atoms with Gasteiger partial charge in [0, 0.05) is 24.2 Å². The Balaban J connectivity index is 1.51. The minimum absolute atomic E-state index is 0.112. The molecule has 0 spiro atoms. The van der Waals surface area contributed by atoms with Gasteiger partial charge in [0.15, 0.2) is 0 Å². The van der Waals surface area contributed by atoms with Crippen molar-refractivity contribution in [3.8, 4) is 0 Å². The molecule has 2 fully saturated rings. The van der Waals surface area contributed by atoms with Crippen molar-refractivity contribution >= 4 is 39.1 Å². The standard InChI is InChI=1S/C23H25N3O5S/c1-2-23(12-11-20(27)25-22(23)29)17-7-9-18(10-8-17)24-21(28)16-5-3-6-19(15-16)26-13-4-14-32(26,30)31/h3,5-10,15H,2,4,11-14H2,1H3,(H,24,28)(H,25,27,29). The predicted octanol–water partition coefficient (Wildman–Crippen LogP) is 2.56. The fraction of sp³-hybridized carbons (Fsp3) is 0.348. The minimum Gasteiger partial charge on any atom is -0.322 e. The van der Waals surface area contributed by atoms with Gasteiger partial charge < -0.3 is 5.32 Å². The van der Waals surface area contributed by atoms with Crippen LogP contribution in [0.25, 0.3) is 0 Å². The molecule has 2 N–H and O–H groups in total. The Bertz CT molecular complexity index is 1180. The highest BCUT2D eigenvalue weighted by atomic mass is 32.2. The van der Waals surface area contributed by atoms with E-state index in [1.807, 2.05) is 6.92 Å². The summed E-state index contributed by atoms with van der Waals surface area (Å²) in [6.45, 7) is 2.33. The highest BCUT2D eigenvalue weighted by Gasteiger charge is 2.42. The average Bonchev–Trinajstić information content (AvgIpc) is 3.14. The van der Waals surface area contributed by atoms with Gasteiger partial charge in [-0.05, 0) is 55.2 Å². The first-order valence-corrected chi connectivity index (χ1v) is 12.2. The zero-order valence-electron chi connectivity index (χ0n) is 17.8. The number of nitrogens with one attached hydrogen (secondary N) is 2. The van der Waals surface area contributed by atoms with Crippen LogP contribution in [0.1, 0.15) is 48.5 Å². The number of nitrogens with zero attached hydrogens (tertiary/aromatic N) is 1. The SMILES string of the molecule is CCC1(c2ccc(NC(=O)c3cccc(N4CCCS4(=O)=O)c3)cc2)CCC(=O)NC1=O. The van der Waals surface area contributed by atoms with Gasteiger partial charge in [0.1, 0.15) is 0 Å². The second kappa shape index (κ2) is 8.38. The Morgan fingerprint density at radius 2 is 1.91 bits per heavy atom. The van der Waals surface area contributed by atoms with Crippen LogP contribution < -0.4 is 14.9 Å². The quantitative estimate of drug-likeness (QED) is 0.673. The molecule has 168 valence electrons. The Hall–Kier alpha value is -3.20. The summed E-state index contributed by atoms with van der Waals surface area (Å²) in [5, 5.41) is 5.24. The van der Waals surface area contributed by atoms with E-state index in [-0.39, 0.29) is 23.5 Å². The van der Waals surface area contributed by atoms with Crippen LogP contribution in [0.2, 0.25) is 0 Å². The molecule has 0 aromatic heterocycles. The molecule has 0 aliphatic carbocycles. The minimum atomic E-state index is -3.33. The van der Waals surface area contributed by atoms with Crippen molar-refractivity contribution in [2.45, 2.75) is 38.0 Å². The number of hydrogen-bond donors (Lipinski definition) is 2. The lowest BCUT2D eigenvalue weighted by Gasteiger charge is -2.35. The van der Waals surface area contributed by atoms with Crippen molar-refractivity contribution in [3.63, 3.8) is 0 Å². The number of carbonyl (C=O) groups excluding carboxylic acids is 3. The summed E-state index contributed by atoms with van der Waals surface area (Å²) in [5.74, 6) is -0.794. The van der Waals surface area contributed by atoms with Gasteiger partial charge in [-0.2, -0.15) is 0 Å². The topological polar surface area (TPSA) is 113 Å². The highest BCUT2D eigenvalue weighted by molar-refractivity contribution is 7.93. The predicted molar refractivity (Wildman–Crippen MR) is 121 cm³/mol. The van der Waals surface area contributed by atoms with E-state index < -0.39 is 15.4 Å². The van der Waals surface area contributed by atoms with Gasteiger partial charge in [-0.25, -0.2) is 8.42 Å². The molecule has 0 radical (unpaired) electrons. The van der Waals surface area contributed by atoms with Gasteiger partial charge >= 0.3 is 0 Å². The van der Waals surface area contributed by atoms with Crippen LogP contribution in [0.4, 0.5) is 11.4 Å². The molecule has 4 rings (SSSR count). The van der Waals surface area contributed by atoms with Crippen LogP contribution in [-0.2, 0) is 25.0 Å². The van der Waals surface area contributed by atoms with Crippen molar-refractivity contribution in [2.75, 3.05) is 21.9 Å². The maximum Gasteiger partial charge on any atom is 0.255 e. The van der Waals surface area contributed by atoms with E-state index in [9.17, 15) is 22.8 Å². The number of anilines is 2. The fourth-order valence-electron chi connectivity index (χ4n) is 4.37. The summed E-state index contributed by atoms with van der Waals surface area (Å²) >= 11 is 0. The van der Waals surface area contributed by atoms with Crippen LogP contribution in [0.3, 0.4) is 0 Å². The van der Waals surface area contributed by atoms with Crippen molar-refractivity contribution < 1.29 is 22.8 Å². The highest BCUT2D eigenvalue weighted by Crippen LogP contribution is 2.36. The monoisotopic (exact) mass is 455 g/mol. The van der Waals surface area contributed by atoms with E-state index in [0.29, 0.717) is 49.2 Å². The molecule has 1 atom stereocenters. The molecule has 2 aliphatic heterocycles. The lowest BCUT2D eigenvalue weighted by atomic mass is 9.72. The second-order valence-corrected chi connectivity index (χ2v) is 10.1. The van der Waals surface area contributed by atoms with Gasteiger partial charge in [-0.15, -0.1) is 0 Å². The third kappa shape index (κ3) is 4.00. The van der Waals surface area contributed by atoms with E-state index in [4.69, 9.17) is 0 Å². The molecule has 3 amide bonds. The molecule has 9 heteroatoms. The maximum atomic E-state index is 12.8. The van der Waals surface area contributed by atoms with Gasteiger partial charge in [-0.3, -0.25) is 24.0 Å². The summed E-state index contributed by atoms with van der Waals surface area (Å²) < 4.78 is 25.7. The molecule has 2 aromatic rings. The normalized spacial score (nSPS) is 22.5. The van der Waals surface area contributed by atoms with Gasteiger partial charge in [0.2, 0.25) is 21.8 Å². The molecule has 2 aromatic carbocycles. The summed E-state index contributed by atoms with van der Waals surface area (Å²) in [4.78, 5) is 36.8. The number of benzene rings is 2. The third-order valence-corrected chi connectivity index (χ3v) is 8.13. The summed E-state index contributed by atoms with van der Waals surface area (Å²) in [6.07, 6.45) is 1.87. The molecule has 0 bridgehead atoms. The second-order valence-electron chi connectivity index (χ2n) is 8.14. The Kier molecular flexibility index (Phi) is 5.77. The van der Waals surface area contributed by atoms with Crippen LogP contribution in [0.15, 0.2) is 48.5 Å². The molecular formula is C23H25N3O5S. The molecule has 8 nitrogen and oxygen atoms in total. The zero-order valence-corrected chi connectivity index (χ0v) is 18.6. The van der Waals surface area contributed by atoms with Crippen LogP contribution in [0, 0.1) is 0 Å². The van der Waals surface area contributed by atoms with E-state index >= 15 is 0 Å². The molecule has 2 aliphatic rings. The largest absolute Gasteiger partial charge is 0.322 e. The Morgan fingerprint density at radius 1 is 1.16 bits per heavy atom. The lowest BCUT2D eigenvalue weighted by Crippen LogP contribution is -2.51. The number of amides is 3. The molecule has 1 unspecified atom stereocenters. The third-order valence-electron chi connectivity index (χ3n) is 6.26. The van der Waals surface area contributed by atoms with Crippen molar-refractivity contribution in [1.29, 1.82) is 0 Å². The number of hydrogen-bond acceptors (Lipinski definition) is 5. The Labute approximate surface area is 187 Å². The molecular weight excluding hydrogens is 430 g/mol. The zero-order chi connectivity index (χ0) is 22.9. The maximum absolute atomic E-state index is 12.8. The summed E-state index contributed by atoms with van der Waals surface area (Å²) in [7, 11) is -3.33. The van der Waals surface area contributed by atoms with E-state index in [0.717, 1.165) is 5.56 Å². The fourth-order valence-corrected chi connectivity index (χ4v) is 5.93. The van der Waals surface area contributed by atoms with Crippen molar-refractivity contribution in [2.24, 2.45) is 0 Å². The number of sulfonamides is 1. The summed E-state index contributed by atoms with van der Waals surface area (Å²) in [6, 6.07) is 13.6. The van der Waals surface area contributed by atoms with Gasteiger partial charge in [0.05, 0.1) is 16.9 Å². The van der Waals surface area contributed by atoms with E-state index in [1.165, 1.54) is 4.31 Å². The first-order valence-electron chi connectivity index (χ1n) is 10.6. The first-order chi connectivity index (χ1) is 15.2. The number of carbonyl (C=O) groups is 3. The smallest absolute Gasteiger partial charge is 0.255 e. The number of rotatable bonds is 5. The molecule has 2 saturated heterocycles. The molecule has 32 heavy (non-hydrogen) atoms. The van der Waals surface area contributed by atoms with Crippen LogP contribution in [-0.4, -0.2) is 38.4 Å². The Morgan fingerprint density at radius 3 is 2.53 bits per heavy atom. The van der Waals surface area contributed by atoms with Gasteiger partial charge in [-0.1, -0.05) is 25.1 Å². The van der Waals surface area contributed by atoms with Crippen molar-refractivity contribution in [1.82, 2.24) is 5.32 Å². The van der Waals surface area contributed by atoms with E-state index in [2.05, 4.69) is 10.6 Å². The van der Waals surface area contributed by atoms with E-state index in [1.54, 1.807) is 48.5 Å². The number of imide groups is 1. The molecule has 2 heterocycles. The average molecular weight is 456 g/mol. The van der Waals surface area contributed by atoms with Crippen LogP contribution >= 0.6 is 0 Å². The van der Waals surface area contributed by atoms with Crippen molar-refractivity contribution in [3.05, 3.63) is 59.7 Å². The first kappa shape index (κ1) is 22.0. The van der Waals surface area contributed by atoms with Gasteiger partial charge in [0.25, 0.3) is 5.91 Å². The lowest BCUT2D eigenvalue weighted by molar-refractivity contribution is -0.138. The molecule has 0 saturated carbocycles.